The maximum atomic E-state index is 12.5. The number of rotatable bonds is 7. The Labute approximate surface area is 146 Å². The van der Waals surface area contributed by atoms with Crippen molar-refractivity contribution in [1.29, 1.82) is 0 Å². The first-order valence-electron chi connectivity index (χ1n) is 8.70. The Hall–Kier alpha value is -1.11. The van der Waals surface area contributed by atoms with E-state index in [1.807, 2.05) is 13.8 Å². The molecule has 1 aliphatic rings. The van der Waals surface area contributed by atoms with Crippen LogP contribution in [0.15, 0.2) is 17.0 Å². The molecule has 136 valence electrons. The van der Waals surface area contributed by atoms with Gasteiger partial charge in [0.2, 0.25) is 10.0 Å². The van der Waals surface area contributed by atoms with E-state index in [1.165, 1.54) is 12.8 Å². The van der Waals surface area contributed by atoms with Crippen LogP contribution in [0.25, 0.3) is 0 Å². The van der Waals surface area contributed by atoms with Crippen molar-refractivity contribution in [2.24, 2.45) is 5.92 Å². The summed E-state index contributed by atoms with van der Waals surface area (Å²) < 4.78 is 32.9. The molecule has 0 saturated carbocycles. The highest BCUT2D eigenvalue weighted by atomic mass is 32.2. The van der Waals surface area contributed by atoms with Gasteiger partial charge in [-0.2, -0.15) is 0 Å². The van der Waals surface area contributed by atoms with Gasteiger partial charge in [-0.25, -0.2) is 13.1 Å². The fourth-order valence-corrected chi connectivity index (χ4v) is 4.51. The summed E-state index contributed by atoms with van der Waals surface area (Å²) >= 11 is 0. The lowest BCUT2D eigenvalue weighted by atomic mass is 9.99. The molecule has 1 aliphatic heterocycles. The zero-order valence-electron chi connectivity index (χ0n) is 15.3. The van der Waals surface area contributed by atoms with Gasteiger partial charge in [0.15, 0.2) is 0 Å². The molecule has 0 bridgehead atoms. The van der Waals surface area contributed by atoms with E-state index in [0.29, 0.717) is 11.4 Å². The number of likely N-dealkylation sites (tertiary alicyclic amines) is 1. The quantitative estimate of drug-likeness (QED) is 0.765. The van der Waals surface area contributed by atoms with Gasteiger partial charge in [0.1, 0.15) is 5.75 Å². The molecule has 0 aliphatic carbocycles. The smallest absolute Gasteiger partial charge is 0.240 e. The molecule has 5 nitrogen and oxygen atoms in total. The number of sulfonamides is 1. The van der Waals surface area contributed by atoms with Gasteiger partial charge in [0, 0.05) is 6.54 Å². The molecule has 0 radical (unpaired) electrons. The minimum absolute atomic E-state index is 0.310. The highest BCUT2D eigenvalue weighted by Crippen LogP contribution is 2.26. The highest BCUT2D eigenvalue weighted by molar-refractivity contribution is 7.89. The maximum absolute atomic E-state index is 12.5. The summed E-state index contributed by atoms with van der Waals surface area (Å²) in [6.07, 6.45) is 3.33. The van der Waals surface area contributed by atoms with Crippen LogP contribution in [0.2, 0.25) is 0 Å². The van der Waals surface area contributed by atoms with Crippen LogP contribution in [-0.2, 0) is 10.0 Å². The average molecular weight is 355 g/mol. The predicted octanol–water partition coefficient (Wildman–Crippen LogP) is 2.71. The van der Waals surface area contributed by atoms with Crippen molar-refractivity contribution in [3.05, 3.63) is 23.3 Å². The van der Waals surface area contributed by atoms with E-state index in [1.54, 1.807) is 19.2 Å². The van der Waals surface area contributed by atoms with Crippen molar-refractivity contribution >= 4 is 10.0 Å². The predicted molar refractivity (Wildman–Crippen MR) is 97.1 cm³/mol. The summed E-state index contributed by atoms with van der Waals surface area (Å²) in [6.45, 7) is 9.71. The summed E-state index contributed by atoms with van der Waals surface area (Å²) in [7, 11) is -1.87. The van der Waals surface area contributed by atoms with Crippen LogP contribution in [0.4, 0.5) is 0 Å². The van der Waals surface area contributed by atoms with Gasteiger partial charge in [-0.3, -0.25) is 0 Å². The van der Waals surface area contributed by atoms with Gasteiger partial charge in [-0.05, 0) is 81.9 Å². The molecular weight excluding hydrogens is 324 g/mol. The fourth-order valence-electron chi connectivity index (χ4n) is 3.27. The van der Waals surface area contributed by atoms with Crippen LogP contribution in [0.5, 0.6) is 5.75 Å². The number of hydrogen-bond donors (Lipinski definition) is 1. The van der Waals surface area contributed by atoms with Crippen molar-refractivity contribution < 1.29 is 13.2 Å². The first-order valence-corrected chi connectivity index (χ1v) is 10.2. The molecule has 0 atom stereocenters. The number of nitrogens with one attached hydrogen (secondary N) is 1. The lowest BCUT2D eigenvalue weighted by molar-refractivity contribution is 0.191. The number of hydrogen-bond acceptors (Lipinski definition) is 4. The maximum Gasteiger partial charge on any atom is 0.240 e. The third kappa shape index (κ3) is 4.94. The number of benzene rings is 1. The van der Waals surface area contributed by atoms with Crippen molar-refractivity contribution in [2.75, 3.05) is 33.3 Å². The number of aryl methyl sites for hydroxylation is 2. The molecule has 2 rings (SSSR count). The number of piperidine rings is 1. The number of methoxy groups -OCH3 is 1. The topological polar surface area (TPSA) is 58.6 Å². The summed E-state index contributed by atoms with van der Waals surface area (Å²) in [4.78, 5) is 2.74. The fraction of sp³-hybridized carbons (Fsp3) is 0.667. The zero-order valence-corrected chi connectivity index (χ0v) is 16.1. The van der Waals surface area contributed by atoms with Gasteiger partial charge < -0.3 is 9.64 Å². The Balaban J connectivity index is 1.87. The SMILES string of the molecule is COc1c(C)cc(S(=O)(=O)NCCCN2CCC(C)CC2)cc1C. The number of nitrogens with zero attached hydrogens (tertiary/aromatic N) is 1. The first-order chi connectivity index (χ1) is 11.3. The van der Waals surface area contributed by atoms with Crippen LogP contribution in [0, 0.1) is 19.8 Å². The summed E-state index contributed by atoms with van der Waals surface area (Å²) in [5.74, 6) is 1.56. The lowest BCUT2D eigenvalue weighted by Gasteiger charge is -2.30. The van der Waals surface area contributed by atoms with E-state index in [0.717, 1.165) is 48.8 Å². The molecule has 1 saturated heterocycles. The van der Waals surface area contributed by atoms with Crippen molar-refractivity contribution in [2.45, 2.75) is 44.9 Å². The molecule has 1 fully saturated rings. The van der Waals surface area contributed by atoms with Gasteiger partial charge in [0.25, 0.3) is 0 Å². The van der Waals surface area contributed by atoms with Crippen LogP contribution in [0.3, 0.4) is 0 Å². The van der Waals surface area contributed by atoms with E-state index in [9.17, 15) is 8.42 Å². The third-order valence-electron chi connectivity index (χ3n) is 4.77. The Kier molecular flexibility index (Phi) is 6.66. The minimum Gasteiger partial charge on any atom is -0.496 e. The molecule has 6 heteroatoms. The molecule has 0 amide bonds. The molecule has 24 heavy (non-hydrogen) atoms. The normalized spacial score (nSPS) is 17.2. The van der Waals surface area contributed by atoms with Crippen LogP contribution >= 0.6 is 0 Å². The van der Waals surface area contributed by atoms with Gasteiger partial charge in [-0.1, -0.05) is 6.92 Å². The minimum atomic E-state index is -3.47. The monoisotopic (exact) mass is 354 g/mol. The van der Waals surface area contributed by atoms with Crippen molar-refractivity contribution in [3.63, 3.8) is 0 Å². The van der Waals surface area contributed by atoms with Gasteiger partial charge in [-0.15, -0.1) is 0 Å². The van der Waals surface area contributed by atoms with Crippen LogP contribution in [-0.4, -0.2) is 46.6 Å². The third-order valence-corrected chi connectivity index (χ3v) is 6.21. The number of ether oxygens (including phenoxy) is 1. The van der Waals surface area contributed by atoms with Gasteiger partial charge >= 0.3 is 0 Å². The second-order valence-corrected chi connectivity index (χ2v) is 8.63. The Morgan fingerprint density at radius 3 is 2.33 bits per heavy atom. The summed E-state index contributed by atoms with van der Waals surface area (Å²) in [5.41, 5.74) is 1.67. The highest BCUT2D eigenvalue weighted by Gasteiger charge is 2.18. The molecule has 1 aromatic rings. The Morgan fingerprint density at radius 2 is 1.79 bits per heavy atom. The largest absolute Gasteiger partial charge is 0.496 e. The molecule has 1 aromatic carbocycles. The Bertz CT molecular complexity index is 627. The molecule has 0 unspecified atom stereocenters. The van der Waals surface area contributed by atoms with Crippen LogP contribution < -0.4 is 9.46 Å². The summed E-state index contributed by atoms with van der Waals surface area (Å²) in [5, 5.41) is 0. The van der Waals surface area contributed by atoms with E-state index in [4.69, 9.17) is 4.74 Å². The molecular formula is C18H30N2O3S. The van der Waals surface area contributed by atoms with E-state index >= 15 is 0 Å². The second-order valence-electron chi connectivity index (χ2n) is 6.87. The lowest BCUT2D eigenvalue weighted by Crippen LogP contribution is -2.35. The standard InChI is InChI=1S/C18H30N2O3S/c1-14-6-10-20(11-7-14)9-5-8-19-24(21,22)17-12-15(2)18(23-4)16(3)13-17/h12-14,19H,5-11H2,1-4H3. The Morgan fingerprint density at radius 1 is 1.21 bits per heavy atom. The molecule has 0 spiro atoms. The van der Waals surface area contributed by atoms with Gasteiger partial charge in [0.05, 0.1) is 12.0 Å². The van der Waals surface area contributed by atoms with E-state index in [2.05, 4.69) is 16.5 Å². The van der Waals surface area contributed by atoms with Crippen molar-refractivity contribution in [1.82, 2.24) is 9.62 Å². The van der Waals surface area contributed by atoms with E-state index in [-0.39, 0.29) is 0 Å². The molecule has 1 N–H and O–H groups in total. The van der Waals surface area contributed by atoms with Crippen molar-refractivity contribution in [3.8, 4) is 5.75 Å². The first kappa shape index (κ1) is 19.2. The second kappa shape index (κ2) is 8.32. The summed E-state index contributed by atoms with van der Waals surface area (Å²) in [6, 6.07) is 3.33. The average Bonchev–Trinajstić information content (AvgIpc) is 2.53. The van der Waals surface area contributed by atoms with Crippen LogP contribution in [0.1, 0.15) is 37.3 Å². The van der Waals surface area contributed by atoms with E-state index < -0.39 is 10.0 Å². The molecule has 0 aromatic heterocycles. The zero-order chi connectivity index (χ0) is 17.7. The molecule has 1 heterocycles.